The summed E-state index contributed by atoms with van der Waals surface area (Å²) < 4.78 is 0.979. The zero-order chi connectivity index (χ0) is 16.2. The highest BCUT2D eigenvalue weighted by Crippen LogP contribution is 2.21. The number of aromatic nitrogens is 2. The van der Waals surface area contributed by atoms with E-state index in [9.17, 15) is 4.79 Å². The summed E-state index contributed by atoms with van der Waals surface area (Å²) in [6.45, 7) is 1.79. The Kier molecular flexibility index (Phi) is 4.91. The Hall–Kier alpha value is -1.95. The van der Waals surface area contributed by atoms with Crippen LogP contribution in [0.3, 0.4) is 0 Å². The van der Waals surface area contributed by atoms with Crippen LogP contribution in [-0.2, 0) is 0 Å². The van der Waals surface area contributed by atoms with Crippen LogP contribution in [0.4, 0.5) is 11.5 Å². The number of anilines is 2. The van der Waals surface area contributed by atoms with Gasteiger partial charge in [-0.3, -0.25) is 4.79 Å². The number of nitrogens with one attached hydrogen (secondary N) is 2. The number of amides is 1. The second kappa shape index (κ2) is 7.08. The predicted molar refractivity (Wildman–Crippen MR) is 93.9 cm³/mol. The van der Waals surface area contributed by atoms with Crippen LogP contribution in [0.1, 0.15) is 42.0 Å². The molecule has 0 spiro atoms. The molecule has 23 heavy (non-hydrogen) atoms. The zero-order valence-electron chi connectivity index (χ0n) is 13.0. The molecule has 1 aromatic heterocycles. The highest BCUT2D eigenvalue weighted by atomic mass is 79.9. The van der Waals surface area contributed by atoms with Crippen molar-refractivity contribution in [3.8, 4) is 0 Å². The molecule has 6 heteroatoms. The summed E-state index contributed by atoms with van der Waals surface area (Å²) in [6, 6.07) is 9.76. The quantitative estimate of drug-likeness (QED) is 0.849. The molecule has 3 rings (SSSR count). The summed E-state index contributed by atoms with van der Waals surface area (Å²) in [7, 11) is 0. The largest absolute Gasteiger partial charge is 0.348 e. The summed E-state index contributed by atoms with van der Waals surface area (Å²) in [5.41, 5.74) is 1.31. The van der Waals surface area contributed by atoms with Gasteiger partial charge < -0.3 is 10.6 Å². The van der Waals surface area contributed by atoms with Crippen molar-refractivity contribution in [3.63, 3.8) is 0 Å². The number of aryl methyl sites for hydroxylation is 1. The van der Waals surface area contributed by atoms with Crippen molar-refractivity contribution in [1.29, 1.82) is 0 Å². The predicted octanol–water partition coefficient (Wildman–Crippen LogP) is 3.96. The number of halogens is 1. The van der Waals surface area contributed by atoms with E-state index in [1.807, 2.05) is 24.3 Å². The van der Waals surface area contributed by atoms with Crippen molar-refractivity contribution < 1.29 is 4.79 Å². The number of nitrogens with zero attached hydrogens (tertiary/aromatic N) is 2. The van der Waals surface area contributed by atoms with Gasteiger partial charge in [-0.05, 0) is 38.0 Å². The first-order valence-corrected chi connectivity index (χ1v) is 8.58. The van der Waals surface area contributed by atoms with Crippen LogP contribution < -0.4 is 10.6 Å². The van der Waals surface area contributed by atoms with Crippen molar-refractivity contribution in [1.82, 2.24) is 15.3 Å². The van der Waals surface area contributed by atoms with Crippen molar-refractivity contribution in [2.45, 2.75) is 38.6 Å². The lowest BCUT2D eigenvalue weighted by Gasteiger charge is -2.13. The zero-order valence-corrected chi connectivity index (χ0v) is 14.6. The molecule has 1 aliphatic carbocycles. The van der Waals surface area contributed by atoms with Crippen LogP contribution in [0.25, 0.3) is 0 Å². The van der Waals surface area contributed by atoms with Crippen LogP contribution in [0, 0.1) is 6.92 Å². The lowest BCUT2D eigenvalue weighted by atomic mass is 10.2. The van der Waals surface area contributed by atoms with E-state index in [1.165, 1.54) is 12.8 Å². The minimum absolute atomic E-state index is 0.125. The van der Waals surface area contributed by atoms with Crippen LogP contribution in [0.15, 0.2) is 34.8 Å². The molecule has 0 unspecified atom stereocenters. The fraction of sp³-hybridized carbons (Fsp3) is 0.353. The number of carbonyl (C=O) groups is 1. The van der Waals surface area contributed by atoms with Crippen molar-refractivity contribution >= 4 is 33.3 Å². The molecule has 1 aromatic carbocycles. The van der Waals surface area contributed by atoms with Crippen molar-refractivity contribution in [2.75, 3.05) is 5.32 Å². The second-order valence-corrected chi connectivity index (χ2v) is 6.69. The average molecular weight is 375 g/mol. The van der Waals surface area contributed by atoms with Gasteiger partial charge in [-0.2, -0.15) is 0 Å². The van der Waals surface area contributed by atoms with E-state index in [0.717, 1.165) is 23.0 Å². The number of carbonyl (C=O) groups excluding carboxylic acids is 1. The van der Waals surface area contributed by atoms with Crippen molar-refractivity contribution in [2.24, 2.45) is 0 Å². The maximum absolute atomic E-state index is 12.4. The topological polar surface area (TPSA) is 66.9 Å². The smallest absolute Gasteiger partial charge is 0.270 e. The summed E-state index contributed by atoms with van der Waals surface area (Å²) in [5, 5.41) is 6.27. The highest BCUT2D eigenvalue weighted by Gasteiger charge is 2.19. The molecule has 1 saturated carbocycles. The third-order valence-corrected chi connectivity index (χ3v) is 4.35. The molecule has 0 aliphatic heterocycles. The Morgan fingerprint density at radius 3 is 2.74 bits per heavy atom. The van der Waals surface area contributed by atoms with Crippen LogP contribution in [-0.4, -0.2) is 21.9 Å². The van der Waals surface area contributed by atoms with E-state index in [1.54, 1.807) is 13.0 Å². The van der Waals surface area contributed by atoms with Gasteiger partial charge in [-0.25, -0.2) is 9.97 Å². The fourth-order valence-corrected chi connectivity index (χ4v) is 3.19. The maximum atomic E-state index is 12.4. The third-order valence-electron chi connectivity index (χ3n) is 3.86. The highest BCUT2D eigenvalue weighted by molar-refractivity contribution is 9.10. The van der Waals surface area contributed by atoms with Gasteiger partial charge in [-0.1, -0.05) is 34.8 Å². The Balaban J connectivity index is 1.76. The third kappa shape index (κ3) is 4.28. The van der Waals surface area contributed by atoms with Gasteiger partial charge in [0, 0.05) is 22.3 Å². The fourth-order valence-electron chi connectivity index (χ4n) is 2.79. The van der Waals surface area contributed by atoms with Gasteiger partial charge in [0.1, 0.15) is 17.3 Å². The first-order chi connectivity index (χ1) is 11.1. The molecule has 2 N–H and O–H groups in total. The molecule has 1 fully saturated rings. The first kappa shape index (κ1) is 15.9. The molecule has 1 amide bonds. The normalized spacial score (nSPS) is 14.7. The molecule has 0 bridgehead atoms. The summed E-state index contributed by atoms with van der Waals surface area (Å²) in [4.78, 5) is 21.0. The first-order valence-electron chi connectivity index (χ1n) is 7.79. The molecule has 0 atom stereocenters. The molecular formula is C17H19BrN4O. The van der Waals surface area contributed by atoms with Gasteiger partial charge in [0.05, 0.1) is 0 Å². The van der Waals surface area contributed by atoms with E-state index >= 15 is 0 Å². The summed E-state index contributed by atoms with van der Waals surface area (Å²) >= 11 is 3.44. The van der Waals surface area contributed by atoms with E-state index in [0.29, 0.717) is 17.3 Å². The van der Waals surface area contributed by atoms with Gasteiger partial charge in [0.25, 0.3) is 5.91 Å². The molecule has 2 aromatic rings. The van der Waals surface area contributed by atoms with Gasteiger partial charge in [-0.15, -0.1) is 0 Å². The number of hydrogen-bond donors (Lipinski definition) is 2. The standard InChI is InChI=1S/C17H19BrN4O/c1-11-19-15(17(23)22-13-6-2-3-7-13)10-16(20-11)21-14-8-4-5-12(18)9-14/h4-5,8-10,13H,2-3,6-7H2,1H3,(H,22,23)(H,19,20,21). The lowest BCUT2D eigenvalue weighted by Crippen LogP contribution is -2.33. The Morgan fingerprint density at radius 1 is 1.22 bits per heavy atom. The number of hydrogen-bond acceptors (Lipinski definition) is 4. The lowest BCUT2D eigenvalue weighted by molar-refractivity contribution is 0.0932. The van der Waals surface area contributed by atoms with Gasteiger partial charge in [0.15, 0.2) is 0 Å². The molecule has 0 saturated heterocycles. The molecule has 1 aliphatic rings. The molecule has 0 radical (unpaired) electrons. The van der Waals surface area contributed by atoms with E-state index < -0.39 is 0 Å². The van der Waals surface area contributed by atoms with Crippen LogP contribution >= 0.6 is 15.9 Å². The molecule has 1 heterocycles. The Morgan fingerprint density at radius 2 is 2.00 bits per heavy atom. The minimum atomic E-state index is -0.125. The van der Waals surface area contributed by atoms with Crippen LogP contribution in [0.2, 0.25) is 0 Å². The van der Waals surface area contributed by atoms with E-state index in [4.69, 9.17) is 0 Å². The number of benzene rings is 1. The summed E-state index contributed by atoms with van der Waals surface area (Å²) in [6.07, 6.45) is 4.48. The SMILES string of the molecule is Cc1nc(Nc2cccc(Br)c2)cc(C(=O)NC2CCCC2)n1. The monoisotopic (exact) mass is 374 g/mol. The molecule has 120 valence electrons. The van der Waals surface area contributed by atoms with Crippen LogP contribution in [0.5, 0.6) is 0 Å². The van der Waals surface area contributed by atoms with Crippen molar-refractivity contribution in [3.05, 3.63) is 46.3 Å². The number of rotatable bonds is 4. The minimum Gasteiger partial charge on any atom is -0.348 e. The molecule has 5 nitrogen and oxygen atoms in total. The maximum Gasteiger partial charge on any atom is 0.270 e. The van der Waals surface area contributed by atoms with E-state index in [2.05, 4.69) is 36.5 Å². The Labute approximate surface area is 144 Å². The van der Waals surface area contributed by atoms with Gasteiger partial charge in [0.2, 0.25) is 0 Å². The molecular weight excluding hydrogens is 356 g/mol. The van der Waals surface area contributed by atoms with Gasteiger partial charge >= 0.3 is 0 Å². The Bertz CT molecular complexity index is 713. The van der Waals surface area contributed by atoms with E-state index in [-0.39, 0.29) is 11.9 Å². The second-order valence-electron chi connectivity index (χ2n) is 5.78. The summed E-state index contributed by atoms with van der Waals surface area (Å²) in [5.74, 6) is 1.06. The average Bonchev–Trinajstić information content (AvgIpc) is 2.99.